The molecule has 1 aliphatic rings. The quantitative estimate of drug-likeness (QED) is 0.743. The van der Waals surface area contributed by atoms with Crippen LogP contribution >= 0.6 is 0 Å². The van der Waals surface area contributed by atoms with Gasteiger partial charge in [0.05, 0.1) is 12.7 Å². The predicted molar refractivity (Wildman–Crippen MR) is 90.2 cm³/mol. The Hall–Kier alpha value is -2.37. The van der Waals surface area contributed by atoms with Gasteiger partial charge in [-0.3, -0.25) is 4.79 Å². The Balaban J connectivity index is 1.51. The van der Waals surface area contributed by atoms with E-state index < -0.39 is 0 Å². The zero-order valence-corrected chi connectivity index (χ0v) is 13.3. The molecule has 1 atom stereocenters. The molecule has 4 rings (SSSR count). The number of carbonyl (C=O) groups excluding carboxylic acids is 1. The fourth-order valence-electron chi connectivity index (χ4n) is 3.15. The first-order valence-corrected chi connectivity index (χ1v) is 8.25. The topological polar surface area (TPSA) is 60.7 Å². The van der Waals surface area contributed by atoms with E-state index in [1.807, 2.05) is 30.3 Å². The van der Waals surface area contributed by atoms with Crippen molar-refractivity contribution in [3.05, 3.63) is 48.2 Å². The summed E-state index contributed by atoms with van der Waals surface area (Å²) in [4.78, 5) is 17.5. The summed E-state index contributed by atoms with van der Waals surface area (Å²) >= 11 is 0. The zero-order chi connectivity index (χ0) is 16.4. The van der Waals surface area contributed by atoms with Crippen molar-refractivity contribution in [2.45, 2.75) is 32.0 Å². The molecule has 1 amide bonds. The number of ether oxygens (including phenoxy) is 1. The molecule has 0 saturated carbocycles. The van der Waals surface area contributed by atoms with Crippen LogP contribution in [0.5, 0.6) is 0 Å². The first-order chi connectivity index (χ1) is 11.8. The molecule has 5 heteroatoms. The van der Waals surface area contributed by atoms with Gasteiger partial charge in [-0.2, -0.15) is 0 Å². The van der Waals surface area contributed by atoms with Crippen LogP contribution in [0, 0.1) is 0 Å². The summed E-state index contributed by atoms with van der Waals surface area (Å²) < 4.78 is 11.0. The average Bonchev–Trinajstić information content (AvgIpc) is 3.04. The van der Waals surface area contributed by atoms with Gasteiger partial charge in [0.15, 0.2) is 6.29 Å². The molecule has 2 heterocycles. The summed E-state index contributed by atoms with van der Waals surface area (Å²) in [6.45, 7) is 0.679. The Morgan fingerprint density at radius 3 is 3.00 bits per heavy atom. The average molecular weight is 325 g/mol. The lowest BCUT2D eigenvalue weighted by molar-refractivity contribution is -0.200. The van der Waals surface area contributed by atoms with Crippen molar-refractivity contribution in [1.29, 1.82) is 0 Å². The number of benzene rings is 2. The monoisotopic (exact) mass is 325 g/mol. The van der Waals surface area contributed by atoms with Crippen molar-refractivity contribution in [2.24, 2.45) is 0 Å². The van der Waals surface area contributed by atoms with E-state index in [0.717, 1.165) is 46.6 Å². The molecule has 2 aromatic carbocycles. The number of carbonyl (C=O) groups is 1. The molecule has 5 nitrogen and oxygen atoms in total. The van der Waals surface area contributed by atoms with E-state index in [0.29, 0.717) is 6.61 Å². The van der Waals surface area contributed by atoms with Gasteiger partial charge in [0.1, 0.15) is 5.58 Å². The van der Waals surface area contributed by atoms with E-state index in [1.165, 1.54) is 0 Å². The maximum Gasteiger partial charge on any atom is 0.248 e. The third-order valence-corrected chi connectivity index (χ3v) is 4.33. The molecule has 1 aromatic heterocycles. The van der Waals surface area contributed by atoms with Crippen LogP contribution in [0.2, 0.25) is 0 Å². The number of fused-ring (bicyclic) bond motifs is 3. The second-order valence-electron chi connectivity index (χ2n) is 6.04. The van der Waals surface area contributed by atoms with Crippen molar-refractivity contribution in [2.75, 3.05) is 6.61 Å². The van der Waals surface area contributed by atoms with E-state index >= 15 is 0 Å². The van der Waals surface area contributed by atoms with Crippen molar-refractivity contribution in [1.82, 2.24) is 5.48 Å². The van der Waals surface area contributed by atoms with Gasteiger partial charge in [0.2, 0.25) is 5.91 Å². The number of hydrogen-bond donors (Lipinski definition) is 1. The molecule has 24 heavy (non-hydrogen) atoms. The standard InChI is InChI=1S/C19H19NO4/c21-17(20-24-18-7-3-4-10-22-18)11-14-12-23-16-9-8-13-5-1-2-6-15(13)19(14)16/h1-2,5-6,8-9,12,18H,3-4,7,10-11H2,(H,20,21)/t18-/m0/s1. The van der Waals surface area contributed by atoms with E-state index in [9.17, 15) is 4.79 Å². The second-order valence-corrected chi connectivity index (χ2v) is 6.04. The van der Waals surface area contributed by atoms with Gasteiger partial charge in [-0.05, 0) is 29.7 Å². The Bertz CT molecular complexity index is 864. The van der Waals surface area contributed by atoms with Crippen molar-refractivity contribution in [3.8, 4) is 0 Å². The molecule has 0 aliphatic carbocycles. The summed E-state index contributed by atoms with van der Waals surface area (Å²) in [6, 6.07) is 12.0. The maximum atomic E-state index is 12.2. The van der Waals surface area contributed by atoms with Gasteiger partial charge >= 0.3 is 0 Å². The van der Waals surface area contributed by atoms with E-state index in [1.54, 1.807) is 6.26 Å². The van der Waals surface area contributed by atoms with Gasteiger partial charge < -0.3 is 9.15 Å². The lowest BCUT2D eigenvalue weighted by Gasteiger charge is -2.22. The lowest BCUT2D eigenvalue weighted by atomic mass is 10.0. The number of hydrogen-bond acceptors (Lipinski definition) is 4. The zero-order valence-electron chi connectivity index (χ0n) is 13.3. The molecular formula is C19H19NO4. The molecule has 0 unspecified atom stereocenters. The number of hydroxylamine groups is 1. The minimum atomic E-state index is -0.343. The predicted octanol–water partition coefficient (Wildman–Crippen LogP) is 3.70. The summed E-state index contributed by atoms with van der Waals surface area (Å²) in [6.07, 6.45) is 4.41. The molecule has 0 bridgehead atoms. The highest BCUT2D eigenvalue weighted by Crippen LogP contribution is 2.30. The smallest absolute Gasteiger partial charge is 0.248 e. The number of amides is 1. The first-order valence-electron chi connectivity index (χ1n) is 8.25. The molecular weight excluding hydrogens is 306 g/mol. The van der Waals surface area contributed by atoms with Crippen molar-refractivity contribution >= 4 is 27.6 Å². The fraction of sp³-hybridized carbons (Fsp3) is 0.316. The van der Waals surface area contributed by atoms with Crippen LogP contribution in [0.4, 0.5) is 0 Å². The van der Waals surface area contributed by atoms with Crippen LogP contribution in [0.1, 0.15) is 24.8 Å². The summed E-state index contributed by atoms with van der Waals surface area (Å²) in [5, 5.41) is 3.19. The Morgan fingerprint density at radius 1 is 1.21 bits per heavy atom. The van der Waals surface area contributed by atoms with Crippen LogP contribution in [-0.4, -0.2) is 18.8 Å². The molecule has 1 saturated heterocycles. The third kappa shape index (κ3) is 3.00. The molecule has 1 fully saturated rings. The highest BCUT2D eigenvalue weighted by molar-refractivity contribution is 6.08. The van der Waals surface area contributed by atoms with Gasteiger partial charge in [-0.1, -0.05) is 30.3 Å². The molecule has 0 spiro atoms. The van der Waals surface area contributed by atoms with E-state index in [-0.39, 0.29) is 18.6 Å². The van der Waals surface area contributed by atoms with Gasteiger partial charge in [0, 0.05) is 24.0 Å². The SMILES string of the molecule is O=C(Cc1coc2ccc3ccccc3c12)NO[C@H]1CCCCO1. The normalized spacial score (nSPS) is 18.1. The third-order valence-electron chi connectivity index (χ3n) is 4.33. The largest absolute Gasteiger partial charge is 0.464 e. The Kier molecular flexibility index (Phi) is 4.19. The van der Waals surface area contributed by atoms with Gasteiger partial charge in [0.25, 0.3) is 0 Å². The van der Waals surface area contributed by atoms with Gasteiger partial charge in [-0.15, -0.1) is 0 Å². The van der Waals surface area contributed by atoms with Crippen LogP contribution < -0.4 is 5.48 Å². The first kappa shape index (κ1) is 15.2. The molecule has 1 aliphatic heterocycles. The number of rotatable bonds is 4. The second kappa shape index (κ2) is 6.63. The highest BCUT2D eigenvalue weighted by atomic mass is 16.8. The molecule has 0 radical (unpaired) electrons. The fourth-order valence-corrected chi connectivity index (χ4v) is 3.15. The minimum absolute atomic E-state index is 0.202. The van der Waals surface area contributed by atoms with Crippen molar-refractivity contribution in [3.63, 3.8) is 0 Å². The van der Waals surface area contributed by atoms with Crippen LogP contribution in [0.3, 0.4) is 0 Å². The summed E-state index contributed by atoms with van der Waals surface area (Å²) in [5.74, 6) is -0.209. The Morgan fingerprint density at radius 2 is 2.12 bits per heavy atom. The van der Waals surface area contributed by atoms with E-state index in [2.05, 4.69) is 11.5 Å². The number of furan rings is 1. The maximum absolute atomic E-state index is 12.2. The minimum Gasteiger partial charge on any atom is -0.464 e. The summed E-state index contributed by atoms with van der Waals surface area (Å²) in [7, 11) is 0. The molecule has 124 valence electrons. The Labute approximate surface area is 139 Å². The number of nitrogens with one attached hydrogen (secondary N) is 1. The van der Waals surface area contributed by atoms with Gasteiger partial charge in [-0.25, -0.2) is 10.3 Å². The van der Waals surface area contributed by atoms with E-state index in [4.69, 9.17) is 14.0 Å². The molecule has 1 N–H and O–H groups in total. The van der Waals surface area contributed by atoms with Crippen LogP contribution in [0.15, 0.2) is 47.1 Å². The molecule has 3 aromatic rings. The summed E-state index contributed by atoms with van der Waals surface area (Å²) in [5.41, 5.74) is 4.14. The van der Waals surface area contributed by atoms with Crippen LogP contribution in [0.25, 0.3) is 21.7 Å². The van der Waals surface area contributed by atoms with Crippen molar-refractivity contribution < 1.29 is 18.8 Å². The highest BCUT2D eigenvalue weighted by Gasteiger charge is 2.17. The lowest BCUT2D eigenvalue weighted by Crippen LogP contribution is -2.33. The van der Waals surface area contributed by atoms with Crippen LogP contribution in [-0.2, 0) is 20.8 Å².